The van der Waals surface area contributed by atoms with E-state index in [-0.39, 0.29) is 16.5 Å². The Hall–Kier alpha value is -1.75. The van der Waals surface area contributed by atoms with E-state index in [0.29, 0.717) is 0 Å². The molecule has 0 aliphatic carbocycles. The second-order valence-corrected chi connectivity index (χ2v) is 5.67. The van der Waals surface area contributed by atoms with Crippen LogP contribution >= 0.6 is 11.3 Å². The number of carbonyl (C=O) groups excluding carboxylic acids is 1. The SMILES string of the molecule is CC(C)c1cnc([C@@](F)(C(N)=O)c2ccccc2)s1. The van der Waals surface area contributed by atoms with Crippen molar-refractivity contribution >= 4 is 17.2 Å². The molecule has 0 aliphatic rings. The average Bonchev–Trinajstić information content (AvgIpc) is 2.88. The van der Waals surface area contributed by atoms with Gasteiger partial charge in [0.1, 0.15) is 5.01 Å². The van der Waals surface area contributed by atoms with E-state index < -0.39 is 11.6 Å². The van der Waals surface area contributed by atoms with Crippen LogP contribution in [0.1, 0.15) is 35.2 Å². The highest BCUT2D eigenvalue weighted by molar-refractivity contribution is 7.12. The molecule has 0 fully saturated rings. The van der Waals surface area contributed by atoms with Gasteiger partial charge in [-0.2, -0.15) is 0 Å². The highest BCUT2D eigenvalue weighted by atomic mass is 32.1. The Morgan fingerprint density at radius 1 is 1.37 bits per heavy atom. The molecule has 2 aromatic rings. The van der Waals surface area contributed by atoms with Gasteiger partial charge in [0.05, 0.1) is 0 Å². The number of primary amides is 1. The number of alkyl halides is 1. The lowest BCUT2D eigenvalue weighted by Gasteiger charge is -2.19. The van der Waals surface area contributed by atoms with Gasteiger partial charge in [-0.25, -0.2) is 9.37 Å². The second-order valence-electron chi connectivity index (χ2n) is 4.61. The van der Waals surface area contributed by atoms with E-state index in [1.165, 1.54) is 11.3 Å². The molecule has 1 amide bonds. The quantitative estimate of drug-likeness (QED) is 0.934. The Labute approximate surface area is 115 Å². The highest BCUT2D eigenvalue weighted by Gasteiger charge is 2.43. The maximum Gasteiger partial charge on any atom is 0.267 e. The molecule has 1 aromatic heterocycles. The molecule has 0 radical (unpaired) electrons. The van der Waals surface area contributed by atoms with Gasteiger partial charge in [0, 0.05) is 16.6 Å². The number of amides is 1. The van der Waals surface area contributed by atoms with E-state index in [2.05, 4.69) is 4.98 Å². The number of rotatable bonds is 4. The van der Waals surface area contributed by atoms with Gasteiger partial charge in [-0.1, -0.05) is 44.2 Å². The van der Waals surface area contributed by atoms with Crippen LogP contribution in [0.3, 0.4) is 0 Å². The van der Waals surface area contributed by atoms with Gasteiger partial charge in [-0.15, -0.1) is 11.3 Å². The van der Waals surface area contributed by atoms with Crippen LogP contribution in [-0.4, -0.2) is 10.9 Å². The summed E-state index contributed by atoms with van der Waals surface area (Å²) in [5.74, 6) is -0.803. The number of nitrogens with two attached hydrogens (primary N) is 1. The van der Waals surface area contributed by atoms with Gasteiger partial charge in [-0.05, 0) is 5.92 Å². The summed E-state index contributed by atoms with van der Waals surface area (Å²) in [6, 6.07) is 8.18. The molecule has 5 heteroatoms. The van der Waals surface area contributed by atoms with E-state index in [1.54, 1.807) is 36.5 Å². The third-order valence-corrected chi connectivity index (χ3v) is 4.29. The molecule has 1 heterocycles. The van der Waals surface area contributed by atoms with Crippen LogP contribution in [0.2, 0.25) is 0 Å². The van der Waals surface area contributed by atoms with Crippen molar-refractivity contribution in [1.29, 1.82) is 0 Å². The van der Waals surface area contributed by atoms with E-state index in [9.17, 15) is 4.79 Å². The van der Waals surface area contributed by atoms with E-state index in [0.717, 1.165) is 4.88 Å². The van der Waals surface area contributed by atoms with Gasteiger partial charge in [0.25, 0.3) is 11.6 Å². The summed E-state index contributed by atoms with van der Waals surface area (Å²) in [5.41, 5.74) is 3.13. The first-order chi connectivity index (χ1) is 8.96. The molecule has 0 saturated carbocycles. The molecule has 19 heavy (non-hydrogen) atoms. The van der Waals surface area contributed by atoms with Crippen molar-refractivity contribution in [3.8, 4) is 0 Å². The average molecular weight is 278 g/mol. The third kappa shape index (κ3) is 2.38. The molecule has 2 N–H and O–H groups in total. The van der Waals surface area contributed by atoms with E-state index in [4.69, 9.17) is 5.73 Å². The minimum absolute atomic E-state index is 0.0925. The third-order valence-electron chi connectivity index (χ3n) is 2.90. The first-order valence-electron chi connectivity index (χ1n) is 5.96. The zero-order chi connectivity index (χ0) is 14.0. The largest absolute Gasteiger partial charge is 0.366 e. The number of carbonyl (C=O) groups is 1. The monoisotopic (exact) mass is 278 g/mol. The predicted octanol–water partition coefficient (Wildman–Crippen LogP) is 2.96. The molecule has 3 nitrogen and oxygen atoms in total. The molecule has 0 bridgehead atoms. The molecular formula is C14H15FN2OS. The lowest BCUT2D eigenvalue weighted by Crippen LogP contribution is -2.38. The lowest BCUT2D eigenvalue weighted by atomic mass is 9.96. The van der Waals surface area contributed by atoms with Crippen LogP contribution in [0.25, 0.3) is 0 Å². The fraction of sp³-hybridized carbons (Fsp3) is 0.286. The van der Waals surface area contributed by atoms with Crippen molar-refractivity contribution in [3.05, 3.63) is 52.0 Å². The van der Waals surface area contributed by atoms with Crippen molar-refractivity contribution in [1.82, 2.24) is 4.98 Å². The fourth-order valence-corrected chi connectivity index (χ4v) is 2.78. The summed E-state index contributed by atoms with van der Waals surface area (Å²) in [4.78, 5) is 16.6. The van der Waals surface area contributed by atoms with Crippen LogP contribution in [0.15, 0.2) is 36.5 Å². The van der Waals surface area contributed by atoms with Crippen molar-refractivity contribution in [3.63, 3.8) is 0 Å². The van der Waals surface area contributed by atoms with Gasteiger partial charge < -0.3 is 5.73 Å². The molecule has 0 aliphatic heterocycles. The molecule has 2 rings (SSSR count). The summed E-state index contributed by atoms with van der Waals surface area (Å²) in [7, 11) is 0. The molecular weight excluding hydrogens is 263 g/mol. The Bertz CT molecular complexity index is 582. The van der Waals surface area contributed by atoms with Crippen molar-refractivity contribution in [2.75, 3.05) is 0 Å². The highest BCUT2D eigenvalue weighted by Crippen LogP contribution is 2.37. The van der Waals surface area contributed by atoms with Crippen molar-refractivity contribution in [2.24, 2.45) is 5.73 Å². The van der Waals surface area contributed by atoms with Crippen molar-refractivity contribution in [2.45, 2.75) is 25.4 Å². The summed E-state index contributed by atoms with van der Waals surface area (Å²) in [6.07, 6.45) is 1.60. The Balaban J connectivity index is 2.53. The Morgan fingerprint density at radius 3 is 2.47 bits per heavy atom. The van der Waals surface area contributed by atoms with Gasteiger partial charge in [-0.3, -0.25) is 4.79 Å². The van der Waals surface area contributed by atoms with Crippen LogP contribution in [0, 0.1) is 0 Å². The number of halogens is 1. The Kier molecular flexibility index (Phi) is 3.66. The maximum atomic E-state index is 15.1. The molecule has 0 unspecified atom stereocenters. The molecule has 1 atom stereocenters. The van der Waals surface area contributed by atoms with Gasteiger partial charge >= 0.3 is 0 Å². The minimum Gasteiger partial charge on any atom is -0.366 e. The first kappa shape index (κ1) is 13.7. The van der Waals surface area contributed by atoms with Crippen LogP contribution in [-0.2, 0) is 10.5 Å². The summed E-state index contributed by atoms with van der Waals surface area (Å²) in [5, 5.41) is 0.0925. The summed E-state index contributed by atoms with van der Waals surface area (Å²) >= 11 is 1.18. The number of thiazole rings is 1. The van der Waals surface area contributed by atoms with Crippen molar-refractivity contribution < 1.29 is 9.18 Å². The molecule has 1 aromatic carbocycles. The number of benzene rings is 1. The number of aromatic nitrogens is 1. The van der Waals surface area contributed by atoms with Gasteiger partial charge in [0.2, 0.25) is 0 Å². The molecule has 100 valence electrons. The standard InChI is InChI=1S/C14H15FN2OS/c1-9(2)11-8-17-13(19-11)14(15,12(16)18)10-6-4-3-5-7-10/h3-9H,1-2H3,(H2,16,18)/t14-/m0/s1. The molecule has 0 spiro atoms. The molecule has 0 saturated heterocycles. The predicted molar refractivity (Wildman–Crippen MR) is 73.7 cm³/mol. The van der Waals surface area contributed by atoms with Crippen LogP contribution in [0.5, 0.6) is 0 Å². The van der Waals surface area contributed by atoms with E-state index >= 15 is 4.39 Å². The topological polar surface area (TPSA) is 56.0 Å². The van der Waals surface area contributed by atoms with Crippen LogP contribution in [0.4, 0.5) is 4.39 Å². The Morgan fingerprint density at radius 2 is 2.00 bits per heavy atom. The fourth-order valence-electron chi connectivity index (χ4n) is 1.75. The number of hydrogen-bond acceptors (Lipinski definition) is 3. The summed E-state index contributed by atoms with van der Waals surface area (Å²) in [6.45, 7) is 3.98. The minimum atomic E-state index is -2.36. The number of hydrogen-bond donors (Lipinski definition) is 1. The van der Waals surface area contributed by atoms with Gasteiger partial charge in [0.15, 0.2) is 0 Å². The second kappa shape index (κ2) is 5.09. The number of nitrogens with zero attached hydrogens (tertiary/aromatic N) is 1. The van der Waals surface area contributed by atoms with Crippen LogP contribution < -0.4 is 5.73 Å². The zero-order valence-corrected chi connectivity index (χ0v) is 11.6. The zero-order valence-electron chi connectivity index (χ0n) is 10.8. The summed E-state index contributed by atoms with van der Waals surface area (Å²) < 4.78 is 15.1. The normalized spacial score (nSPS) is 14.3. The maximum absolute atomic E-state index is 15.1. The smallest absolute Gasteiger partial charge is 0.267 e. The van der Waals surface area contributed by atoms with E-state index in [1.807, 2.05) is 13.8 Å². The lowest BCUT2D eigenvalue weighted by molar-refractivity contribution is -0.127. The first-order valence-corrected chi connectivity index (χ1v) is 6.78.